The third kappa shape index (κ3) is 4.43. The fraction of sp³-hybridized carbons (Fsp3) is 0.200. The summed E-state index contributed by atoms with van der Waals surface area (Å²) >= 11 is 3.08. The SMILES string of the molecule is CC(=O)c1ccc(CCNC(=O)/C=C/c2cccs2)s1. The molecule has 1 N–H and O–H groups in total. The molecule has 2 rings (SSSR count). The van der Waals surface area contributed by atoms with Gasteiger partial charge < -0.3 is 5.32 Å². The lowest BCUT2D eigenvalue weighted by Crippen LogP contribution is -2.23. The van der Waals surface area contributed by atoms with E-state index >= 15 is 0 Å². The quantitative estimate of drug-likeness (QED) is 0.657. The van der Waals surface area contributed by atoms with Gasteiger partial charge in [-0.25, -0.2) is 0 Å². The molecule has 0 aliphatic carbocycles. The van der Waals surface area contributed by atoms with Crippen LogP contribution in [0.25, 0.3) is 6.08 Å². The minimum Gasteiger partial charge on any atom is -0.352 e. The second-order valence-corrected chi connectivity index (χ2v) is 6.36. The Morgan fingerprint density at radius 2 is 2.15 bits per heavy atom. The van der Waals surface area contributed by atoms with Crippen LogP contribution in [0.4, 0.5) is 0 Å². The van der Waals surface area contributed by atoms with Crippen LogP contribution < -0.4 is 5.32 Å². The van der Waals surface area contributed by atoms with Gasteiger partial charge in [-0.3, -0.25) is 9.59 Å². The van der Waals surface area contributed by atoms with E-state index in [0.29, 0.717) is 6.54 Å². The van der Waals surface area contributed by atoms with Gasteiger partial charge in [0.15, 0.2) is 5.78 Å². The number of nitrogens with one attached hydrogen (secondary N) is 1. The van der Waals surface area contributed by atoms with Crippen LogP contribution in [-0.4, -0.2) is 18.2 Å². The molecule has 0 unspecified atom stereocenters. The highest BCUT2D eigenvalue weighted by Gasteiger charge is 2.04. The Morgan fingerprint density at radius 1 is 1.30 bits per heavy atom. The van der Waals surface area contributed by atoms with Crippen molar-refractivity contribution < 1.29 is 9.59 Å². The summed E-state index contributed by atoms with van der Waals surface area (Å²) in [6.45, 7) is 2.14. The van der Waals surface area contributed by atoms with Crippen molar-refractivity contribution in [1.29, 1.82) is 0 Å². The molecule has 0 atom stereocenters. The smallest absolute Gasteiger partial charge is 0.244 e. The Bertz CT molecular complexity index is 612. The number of thiophene rings is 2. The summed E-state index contributed by atoms with van der Waals surface area (Å²) in [7, 11) is 0. The first-order valence-corrected chi connectivity index (χ1v) is 7.94. The molecule has 2 heterocycles. The van der Waals surface area contributed by atoms with E-state index in [1.54, 1.807) is 30.4 Å². The summed E-state index contributed by atoms with van der Waals surface area (Å²) in [6, 6.07) is 7.69. The van der Waals surface area contributed by atoms with Gasteiger partial charge in [-0.2, -0.15) is 0 Å². The van der Waals surface area contributed by atoms with E-state index in [1.165, 1.54) is 11.3 Å². The first-order valence-electron chi connectivity index (χ1n) is 6.24. The second-order valence-electron chi connectivity index (χ2n) is 4.21. The standard InChI is InChI=1S/C15H15NO2S2/c1-11(17)14-6-4-13(20-14)8-9-16-15(18)7-5-12-3-2-10-19-12/h2-7,10H,8-9H2,1H3,(H,16,18)/b7-5+. The number of carbonyl (C=O) groups excluding carboxylic acids is 2. The Hall–Kier alpha value is -1.72. The van der Waals surface area contributed by atoms with E-state index in [2.05, 4.69) is 5.32 Å². The molecule has 0 aromatic carbocycles. The number of Topliss-reactive ketones (excluding diaryl/α,β-unsaturated/α-hetero) is 1. The largest absolute Gasteiger partial charge is 0.352 e. The second kappa shape index (κ2) is 7.17. The van der Waals surface area contributed by atoms with Crippen molar-refractivity contribution in [3.63, 3.8) is 0 Å². The Kier molecular flexibility index (Phi) is 5.26. The van der Waals surface area contributed by atoms with Crippen molar-refractivity contribution in [3.05, 3.63) is 50.4 Å². The van der Waals surface area contributed by atoms with Gasteiger partial charge in [0.05, 0.1) is 4.88 Å². The number of rotatable bonds is 6. The minimum absolute atomic E-state index is 0.0872. The minimum atomic E-state index is -0.0956. The fourth-order valence-corrected chi connectivity index (χ4v) is 3.13. The maximum absolute atomic E-state index is 11.6. The molecule has 3 nitrogen and oxygen atoms in total. The van der Waals surface area contributed by atoms with E-state index in [0.717, 1.165) is 21.1 Å². The predicted molar refractivity (Wildman–Crippen MR) is 84.4 cm³/mol. The van der Waals surface area contributed by atoms with Gasteiger partial charge in [-0.05, 0) is 43.0 Å². The maximum atomic E-state index is 11.6. The van der Waals surface area contributed by atoms with Gasteiger partial charge in [-0.1, -0.05) is 6.07 Å². The number of hydrogen-bond acceptors (Lipinski definition) is 4. The molecule has 0 spiro atoms. The monoisotopic (exact) mass is 305 g/mol. The number of amides is 1. The van der Waals surface area contributed by atoms with Crippen LogP contribution >= 0.6 is 22.7 Å². The molecule has 0 aliphatic rings. The van der Waals surface area contributed by atoms with Gasteiger partial charge in [0.1, 0.15) is 0 Å². The molecule has 0 saturated heterocycles. The van der Waals surface area contributed by atoms with Gasteiger partial charge in [0.2, 0.25) is 5.91 Å². The topological polar surface area (TPSA) is 46.2 Å². The van der Waals surface area contributed by atoms with Crippen LogP contribution in [-0.2, 0) is 11.2 Å². The first kappa shape index (κ1) is 14.7. The lowest BCUT2D eigenvalue weighted by atomic mass is 10.3. The number of hydrogen-bond donors (Lipinski definition) is 1. The first-order chi connectivity index (χ1) is 9.65. The molecule has 0 radical (unpaired) electrons. The summed E-state index contributed by atoms with van der Waals surface area (Å²) in [6.07, 6.45) is 4.09. The van der Waals surface area contributed by atoms with E-state index < -0.39 is 0 Å². The van der Waals surface area contributed by atoms with Crippen molar-refractivity contribution in [2.24, 2.45) is 0 Å². The number of carbonyl (C=O) groups is 2. The Balaban J connectivity index is 1.75. The third-order valence-corrected chi connectivity index (χ3v) is 4.70. The Labute approximate surface area is 126 Å². The van der Waals surface area contributed by atoms with Crippen molar-refractivity contribution in [1.82, 2.24) is 5.32 Å². The van der Waals surface area contributed by atoms with Gasteiger partial charge in [0, 0.05) is 22.4 Å². The van der Waals surface area contributed by atoms with Crippen molar-refractivity contribution in [2.75, 3.05) is 6.54 Å². The Morgan fingerprint density at radius 3 is 2.80 bits per heavy atom. The lowest BCUT2D eigenvalue weighted by molar-refractivity contribution is -0.116. The highest BCUT2D eigenvalue weighted by atomic mass is 32.1. The molecule has 0 bridgehead atoms. The molecule has 5 heteroatoms. The van der Waals surface area contributed by atoms with Crippen molar-refractivity contribution in [3.8, 4) is 0 Å². The zero-order valence-corrected chi connectivity index (χ0v) is 12.7. The molecule has 1 amide bonds. The highest BCUT2D eigenvalue weighted by molar-refractivity contribution is 7.14. The summed E-state index contributed by atoms with van der Waals surface area (Å²) in [5.41, 5.74) is 0. The average molecular weight is 305 g/mol. The van der Waals surface area contributed by atoms with E-state index in [9.17, 15) is 9.59 Å². The van der Waals surface area contributed by atoms with Gasteiger partial charge >= 0.3 is 0 Å². The molecule has 0 aliphatic heterocycles. The molecule has 2 aromatic heterocycles. The van der Waals surface area contributed by atoms with E-state index in [1.807, 2.05) is 29.6 Å². The summed E-state index contributed by atoms with van der Waals surface area (Å²) in [5.74, 6) is -0.00841. The predicted octanol–water partition coefficient (Wildman–Crippen LogP) is 3.38. The van der Waals surface area contributed by atoms with Gasteiger partial charge in [0.25, 0.3) is 0 Å². The van der Waals surface area contributed by atoms with Gasteiger partial charge in [-0.15, -0.1) is 22.7 Å². The molecular weight excluding hydrogens is 290 g/mol. The van der Waals surface area contributed by atoms with Crippen LogP contribution in [0.15, 0.2) is 35.7 Å². The molecule has 20 heavy (non-hydrogen) atoms. The molecule has 104 valence electrons. The average Bonchev–Trinajstić information content (AvgIpc) is 3.07. The molecule has 0 fully saturated rings. The normalized spacial score (nSPS) is 10.8. The molecule has 2 aromatic rings. The van der Waals surface area contributed by atoms with Crippen LogP contribution in [0.1, 0.15) is 26.3 Å². The summed E-state index contributed by atoms with van der Waals surface area (Å²) in [5, 5.41) is 4.81. The summed E-state index contributed by atoms with van der Waals surface area (Å²) in [4.78, 5) is 25.7. The van der Waals surface area contributed by atoms with Crippen molar-refractivity contribution >= 4 is 40.4 Å². The zero-order valence-electron chi connectivity index (χ0n) is 11.1. The van der Waals surface area contributed by atoms with Crippen LogP contribution in [0.2, 0.25) is 0 Å². The highest BCUT2D eigenvalue weighted by Crippen LogP contribution is 2.17. The zero-order chi connectivity index (χ0) is 14.4. The molecule has 0 saturated carbocycles. The van der Waals surface area contributed by atoms with Crippen LogP contribution in [0.3, 0.4) is 0 Å². The molecular formula is C15H15NO2S2. The van der Waals surface area contributed by atoms with Crippen molar-refractivity contribution in [2.45, 2.75) is 13.3 Å². The maximum Gasteiger partial charge on any atom is 0.244 e. The third-order valence-electron chi connectivity index (χ3n) is 2.62. The fourth-order valence-electron chi connectivity index (χ4n) is 1.61. The lowest BCUT2D eigenvalue weighted by Gasteiger charge is -1.99. The van der Waals surface area contributed by atoms with Crippen LogP contribution in [0, 0.1) is 0 Å². The summed E-state index contributed by atoms with van der Waals surface area (Å²) < 4.78 is 0. The van der Waals surface area contributed by atoms with Crippen LogP contribution in [0.5, 0.6) is 0 Å². The van der Waals surface area contributed by atoms with E-state index in [4.69, 9.17) is 0 Å². The number of ketones is 1. The van der Waals surface area contributed by atoms with E-state index in [-0.39, 0.29) is 11.7 Å².